The van der Waals surface area contributed by atoms with Crippen LogP contribution in [0.3, 0.4) is 0 Å². The Labute approximate surface area is 184 Å². The summed E-state index contributed by atoms with van der Waals surface area (Å²) >= 11 is 0. The van der Waals surface area contributed by atoms with E-state index < -0.39 is 10.0 Å². The zero-order valence-corrected chi connectivity index (χ0v) is 18.7. The van der Waals surface area contributed by atoms with Crippen LogP contribution in [-0.4, -0.2) is 58.3 Å². The van der Waals surface area contributed by atoms with Crippen molar-refractivity contribution in [2.24, 2.45) is 0 Å². The van der Waals surface area contributed by atoms with Crippen LogP contribution in [0, 0.1) is 0 Å². The van der Waals surface area contributed by atoms with E-state index in [1.165, 1.54) is 9.87 Å². The lowest BCUT2D eigenvalue weighted by Crippen LogP contribution is -2.40. The first-order valence-corrected chi connectivity index (χ1v) is 12.5. The number of hydrogen-bond donors (Lipinski definition) is 0. The molecule has 0 aliphatic carbocycles. The van der Waals surface area contributed by atoms with Gasteiger partial charge < -0.3 is 19.3 Å². The molecular formula is C23H29N3O4S. The van der Waals surface area contributed by atoms with Crippen LogP contribution < -0.4 is 14.5 Å². The molecule has 166 valence electrons. The predicted molar refractivity (Wildman–Crippen MR) is 120 cm³/mol. The van der Waals surface area contributed by atoms with Crippen molar-refractivity contribution in [1.82, 2.24) is 4.31 Å². The topological polar surface area (TPSA) is 62.3 Å². The minimum absolute atomic E-state index is 0.280. The number of morpholine rings is 1. The quantitative estimate of drug-likeness (QED) is 0.684. The van der Waals surface area contributed by atoms with E-state index >= 15 is 0 Å². The highest BCUT2D eigenvalue weighted by Gasteiger charge is 2.40. The Hall–Kier alpha value is -2.29. The molecular weight excluding hydrogens is 414 g/mol. The molecule has 3 heterocycles. The number of nitrogens with zero attached hydrogens (tertiary/aromatic N) is 3. The molecule has 0 saturated carbocycles. The molecule has 3 aliphatic heterocycles. The van der Waals surface area contributed by atoms with Crippen molar-refractivity contribution in [3.05, 3.63) is 48.0 Å². The first-order chi connectivity index (χ1) is 15.1. The summed E-state index contributed by atoms with van der Waals surface area (Å²) in [7, 11) is -3.52. The summed E-state index contributed by atoms with van der Waals surface area (Å²) in [4.78, 5) is 5.14. The SMILES string of the molecule is CCOc1ccc(CN2c3cc(S(=O)(=O)N4CCOCC4)ccc3N3CCC[C@H]32)cc1. The number of benzene rings is 2. The van der Waals surface area contributed by atoms with E-state index in [2.05, 4.69) is 21.9 Å². The van der Waals surface area contributed by atoms with Crippen LogP contribution in [0.2, 0.25) is 0 Å². The Bertz CT molecular complexity index is 1040. The van der Waals surface area contributed by atoms with Crippen LogP contribution in [0.5, 0.6) is 5.75 Å². The smallest absolute Gasteiger partial charge is 0.243 e. The molecule has 2 saturated heterocycles. The van der Waals surface area contributed by atoms with Crippen LogP contribution in [0.1, 0.15) is 25.3 Å². The summed E-state index contributed by atoms with van der Waals surface area (Å²) in [6.45, 7) is 6.08. The van der Waals surface area contributed by atoms with Crippen LogP contribution in [-0.2, 0) is 21.3 Å². The van der Waals surface area contributed by atoms with Gasteiger partial charge in [0.2, 0.25) is 10.0 Å². The van der Waals surface area contributed by atoms with Gasteiger partial charge in [0.1, 0.15) is 11.9 Å². The maximum Gasteiger partial charge on any atom is 0.243 e. The first-order valence-electron chi connectivity index (χ1n) is 11.0. The van der Waals surface area contributed by atoms with E-state index in [-0.39, 0.29) is 6.17 Å². The van der Waals surface area contributed by atoms with E-state index in [9.17, 15) is 8.42 Å². The Morgan fingerprint density at radius 3 is 2.55 bits per heavy atom. The molecule has 2 aromatic rings. The fourth-order valence-corrected chi connectivity index (χ4v) is 6.26. The molecule has 0 radical (unpaired) electrons. The maximum atomic E-state index is 13.2. The molecule has 0 spiro atoms. The second-order valence-corrected chi connectivity index (χ2v) is 10.1. The number of anilines is 2. The maximum absolute atomic E-state index is 13.2. The van der Waals surface area contributed by atoms with Gasteiger partial charge in [0.05, 0.1) is 36.1 Å². The third kappa shape index (κ3) is 3.77. The number of sulfonamides is 1. The molecule has 8 heteroatoms. The van der Waals surface area contributed by atoms with Gasteiger partial charge in [-0.1, -0.05) is 12.1 Å². The molecule has 0 N–H and O–H groups in total. The molecule has 7 nitrogen and oxygen atoms in total. The van der Waals surface area contributed by atoms with Gasteiger partial charge >= 0.3 is 0 Å². The summed E-state index contributed by atoms with van der Waals surface area (Å²) in [5.41, 5.74) is 3.33. The van der Waals surface area contributed by atoms with Gasteiger partial charge in [-0.15, -0.1) is 0 Å². The summed E-state index contributed by atoms with van der Waals surface area (Å²) in [6.07, 6.45) is 2.51. The van der Waals surface area contributed by atoms with Gasteiger partial charge in [0, 0.05) is 26.2 Å². The number of hydrogen-bond acceptors (Lipinski definition) is 6. The van der Waals surface area contributed by atoms with Crippen molar-refractivity contribution >= 4 is 21.4 Å². The van der Waals surface area contributed by atoms with Gasteiger partial charge in [0.25, 0.3) is 0 Å². The summed E-state index contributed by atoms with van der Waals surface area (Å²) in [5.74, 6) is 0.870. The molecule has 3 aliphatic rings. The highest BCUT2D eigenvalue weighted by Crippen LogP contribution is 2.45. The second-order valence-electron chi connectivity index (χ2n) is 8.19. The van der Waals surface area contributed by atoms with Crippen LogP contribution in [0.4, 0.5) is 11.4 Å². The zero-order valence-electron chi connectivity index (χ0n) is 17.9. The average molecular weight is 444 g/mol. The highest BCUT2D eigenvalue weighted by atomic mass is 32.2. The normalized spacial score (nSPS) is 21.3. The Kier molecular flexibility index (Phi) is 5.54. The summed E-state index contributed by atoms with van der Waals surface area (Å²) in [6, 6.07) is 13.8. The van der Waals surface area contributed by atoms with Crippen molar-refractivity contribution in [2.45, 2.75) is 37.4 Å². The number of fused-ring (bicyclic) bond motifs is 3. The fraction of sp³-hybridized carbons (Fsp3) is 0.478. The first kappa shape index (κ1) is 20.6. The lowest BCUT2D eigenvalue weighted by atomic mass is 10.1. The van der Waals surface area contributed by atoms with Crippen molar-refractivity contribution in [2.75, 3.05) is 49.3 Å². The number of ether oxygens (including phenoxy) is 2. The van der Waals surface area contributed by atoms with Crippen molar-refractivity contribution in [3.63, 3.8) is 0 Å². The lowest BCUT2D eigenvalue weighted by Gasteiger charge is -2.28. The van der Waals surface area contributed by atoms with Gasteiger partial charge in [-0.3, -0.25) is 0 Å². The Balaban J connectivity index is 1.46. The largest absolute Gasteiger partial charge is 0.494 e. The van der Waals surface area contributed by atoms with E-state index in [1.54, 1.807) is 6.07 Å². The molecule has 0 unspecified atom stereocenters. The Morgan fingerprint density at radius 1 is 1.03 bits per heavy atom. The molecule has 1 atom stereocenters. The molecule has 0 aromatic heterocycles. The minimum atomic E-state index is -3.52. The monoisotopic (exact) mass is 443 g/mol. The molecule has 2 fully saturated rings. The molecule has 31 heavy (non-hydrogen) atoms. The van der Waals surface area contributed by atoms with Crippen LogP contribution in [0.25, 0.3) is 0 Å². The van der Waals surface area contributed by atoms with Crippen LogP contribution in [0.15, 0.2) is 47.4 Å². The summed E-state index contributed by atoms with van der Waals surface area (Å²) < 4.78 is 38.9. The predicted octanol–water partition coefficient (Wildman–Crippen LogP) is 3.05. The molecule has 5 rings (SSSR count). The highest BCUT2D eigenvalue weighted by molar-refractivity contribution is 7.89. The third-order valence-corrected chi connectivity index (χ3v) is 8.24. The van der Waals surface area contributed by atoms with Crippen molar-refractivity contribution < 1.29 is 17.9 Å². The van der Waals surface area contributed by atoms with E-state index in [0.717, 1.165) is 43.1 Å². The average Bonchev–Trinajstić information content (AvgIpc) is 3.38. The fourth-order valence-electron chi connectivity index (χ4n) is 4.83. The van der Waals surface area contributed by atoms with Crippen molar-refractivity contribution in [1.29, 1.82) is 0 Å². The van der Waals surface area contributed by atoms with Gasteiger partial charge in [-0.2, -0.15) is 4.31 Å². The summed E-state index contributed by atoms with van der Waals surface area (Å²) in [5, 5.41) is 0. The Morgan fingerprint density at radius 2 is 1.81 bits per heavy atom. The number of rotatable bonds is 6. The van der Waals surface area contributed by atoms with E-state index in [4.69, 9.17) is 9.47 Å². The standard InChI is InChI=1S/C23H29N3O4S/c1-2-30-19-7-5-18(6-8-19)17-26-22-16-20(31(27,28)24-12-14-29-15-13-24)9-10-21(22)25-11-3-4-23(25)26/h5-10,16,23H,2-4,11-15,17H2,1H3/t23-/m1/s1. The molecule has 0 amide bonds. The van der Waals surface area contributed by atoms with E-state index in [1.807, 2.05) is 31.2 Å². The third-order valence-electron chi connectivity index (χ3n) is 6.34. The molecule has 2 aromatic carbocycles. The molecule has 0 bridgehead atoms. The van der Waals surface area contributed by atoms with Crippen molar-refractivity contribution in [3.8, 4) is 5.75 Å². The van der Waals surface area contributed by atoms with Gasteiger partial charge in [-0.05, 0) is 55.7 Å². The zero-order chi connectivity index (χ0) is 21.4. The minimum Gasteiger partial charge on any atom is -0.494 e. The van der Waals surface area contributed by atoms with Gasteiger partial charge in [-0.25, -0.2) is 8.42 Å². The van der Waals surface area contributed by atoms with Gasteiger partial charge in [0.15, 0.2) is 0 Å². The van der Waals surface area contributed by atoms with E-state index in [0.29, 0.717) is 37.8 Å². The van der Waals surface area contributed by atoms with Crippen LogP contribution >= 0.6 is 0 Å². The lowest BCUT2D eigenvalue weighted by molar-refractivity contribution is 0.0730. The second kappa shape index (κ2) is 8.33.